The molecule has 1 aromatic carbocycles. The van der Waals surface area contributed by atoms with Crippen LogP contribution in [-0.4, -0.2) is 42.4 Å². The minimum Gasteiger partial charge on any atom is -0.466 e. The van der Waals surface area contributed by atoms with E-state index in [1.54, 1.807) is 13.0 Å². The van der Waals surface area contributed by atoms with Gasteiger partial charge in [0.25, 0.3) is 0 Å². The molecule has 0 bridgehead atoms. The van der Waals surface area contributed by atoms with Crippen molar-refractivity contribution in [3.05, 3.63) is 35.6 Å². The third kappa shape index (κ3) is 6.88. The molecule has 142 valence electrons. The van der Waals surface area contributed by atoms with Gasteiger partial charge in [-0.25, -0.2) is 4.39 Å². The molecule has 0 radical (unpaired) electrons. The zero-order chi connectivity index (χ0) is 19.7. The fourth-order valence-corrected chi connectivity index (χ4v) is 2.22. The maximum atomic E-state index is 13.8. The Morgan fingerprint density at radius 3 is 2.35 bits per heavy atom. The summed E-state index contributed by atoms with van der Waals surface area (Å²) < 4.78 is 18.5. The number of hydrogen-bond donors (Lipinski definition) is 3. The fraction of sp³-hybridized carbons (Fsp3) is 0.412. The number of carbonyl (C=O) groups excluding carboxylic acids is 4. The molecule has 26 heavy (non-hydrogen) atoms. The Kier molecular flexibility index (Phi) is 8.20. The second-order valence-corrected chi connectivity index (χ2v) is 5.52. The highest BCUT2D eigenvalue weighted by molar-refractivity contribution is 5.93. The summed E-state index contributed by atoms with van der Waals surface area (Å²) in [7, 11) is 0. The maximum Gasteiger partial charge on any atom is 0.308 e. The molecular weight excluding hydrogens is 345 g/mol. The summed E-state index contributed by atoms with van der Waals surface area (Å²) in [6, 6.07) is 3.34. The average Bonchev–Trinajstić information content (AvgIpc) is 2.55. The van der Waals surface area contributed by atoms with Crippen LogP contribution in [0.25, 0.3) is 0 Å². The lowest BCUT2D eigenvalue weighted by atomic mass is 10.0. The molecule has 4 N–H and O–H groups in total. The van der Waals surface area contributed by atoms with E-state index in [-0.39, 0.29) is 18.6 Å². The first-order valence-electron chi connectivity index (χ1n) is 8.00. The highest BCUT2D eigenvalue weighted by Crippen LogP contribution is 2.10. The zero-order valence-corrected chi connectivity index (χ0v) is 14.6. The van der Waals surface area contributed by atoms with E-state index in [2.05, 4.69) is 10.6 Å². The van der Waals surface area contributed by atoms with Crippen LogP contribution < -0.4 is 16.4 Å². The number of benzene rings is 1. The molecule has 0 saturated carbocycles. The van der Waals surface area contributed by atoms with E-state index >= 15 is 0 Å². The first-order chi connectivity index (χ1) is 12.2. The fourth-order valence-electron chi connectivity index (χ4n) is 2.22. The van der Waals surface area contributed by atoms with Crippen LogP contribution >= 0.6 is 0 Å². The number of ether oxygens (including phenoxy) is 1. The van der Waals surface area contributed by atoms with E-state index in [1.807, 2.05) is 0 Å². The molecule has 1 rings (SSSR count). The van der Waals surface area contributed by atoms with Gasteiger partial charge in [0.15, 0.2) is 0 Å². The molecule has 0 aromatic heterocycles. The van der Waals surface area contributed by atoms with Crippen LogP contribution in [0.4, 0.5) is 4.39 Å². The molecule has 0 fully saturated rings. The molecule has 0 saturated heterocycles. The van der Waals surface area contributed by atoms with Crippen molar-refractivity contribution in [1.29, 1.82) is 0 Å². The van der Waals surface area contributed by atoms with E-state index in [0.29, 0.717) is 0 Å². The maximum absolute atomic E-state index is 13.8. The summed E-state index contributed by atoms with van der Waals surface area (Å²) in [6.07, 6.45) is -0.579. The van der Waals surface area contributed by atoms with Gasteiger partial charge >= 0.3 is 5.97 Å². The second-order valence-electron chi connectivity index (χ2n) is 5.52. The monoisotopic (exact) mass is 367 g/mol. The van der Waals surface area contributed by atoms with Gasteiger partial charge in [-0.2, -0.15) is 0 Å². The minimum atomic E-state index is -1.31. The van der Waals surface area contributed by atoms with Crippen LogP contribution in [0.1, 0.15) is 25.8 Å². The van der Waals surface area contributed by atoms with Gasteiger partial charge in [0, 0.05) is 13.3 Å². The Hall–Kier alpha value is -2.97. The lowest BCUT2D eigenvalue weighted by molar-refractivity contribution is -0.145. The molecule has 0 spiro atoms. The number of rotatable bonds is 9. The molecule has 8 nitrogen and oxygen atoms in total. The Morgan fingerprint density at radius 2 is 1.81 bits per heavy atom. The molecule has 3 amide bonds. The smallest absolute Gasteiger partial charge is 0.308 e. The predicted octanol–water partition coefficient (Wildman–Crippen LogP) is -0.204. The van der Waals surface area contributed by atoms with Gasteiger partial charge in [0.05, 0.1) is 13.0 Å². The molecule has 0 aliphatic heterocycles. The van der Waals surface area contributed by atoms with E-state index in [0.717, 1.165) is 0 Å². The van der Waals surface area contributed by atoms with E-state index in [1.165, 1.54) is 25.1 Å². The van der Waals surface area contributed by atoms with Crippen molar-refractivity contribution in [1.82, 2.24) is 10.6 Å². The molecule has 0 aliphatic rings. The summed E-state index contributed by atoms with van der Waals surface area (Å²) in [5, 5.41) is 4.69. The van der Waals surface area contributed by atoms with Crippen LogP contribution in [0.2, 0.25) is 0 Å². The van der Waals surface area contributed by atoms with Crippen molar-refractivity contribution >= 4 is 23.7 Å². The third-order valence-corrected chi connectivity index (χ3v) is 3.41. The highest BCUT2D eigenvalue weighted by Gasteiger charge is 2.27. The SMILES string of the molecule is CCOC(=O)C[C@@H](NC(=O)[C@H](Cc1ccccc1F)NC(C)=O)C(N)=O. The number of primary amides is 1. The first kappa shape index (κ1) is 21.1. The van der Waals surface area contributed by atoms with Crippen molar-refractivity contribution in [3.63, 3.8) is 0 Å². The lowest BCUT2D eigenvalue weighted by Crippen LogP contribution is -2.54. The van der Waals surface area contributed by atoms with Crippen molar-refractivity contribution in [3.8, 4) is 0 Å². The first-order valence-corrected chi connectivity index (χ1v) is 8.00. The summed E-state index contributed by atoms with van der Waals surface area (Å²) in [6.45, 7) is 2.91. The summed E-state index contributed by atoms with van der Waals surface area (Å²) >= 11 is 0. The molecule has 0 heterocycles. The quantitative estimate of drug-likeness (QED) is 0.521. The molecule has 0 aliphatic carbocycles. The van der Waals surface area contributed by atoms with Gasteiger partial charge in [0.1, 0.15) is 17.9 Å². The molecule has 9 heteroatoms. The Morgan fingerprint density at radius 1 is 1.15 bits per heavy atom. The van der Waals surface area contributed by atoms with Crippen LogP contribution in [0.5, 0.6) is 0 Å². The standard InChI is InChI=1S/C17H22FN3O5/c1-3-26-15(23)9-13(16(19)24)21-17(25)14(20-10(2)22)8-11-6-4-5-7-12(11)18/h4-7,13-14H,3,8-9H2,1-2H3,(H2,19,24)(H,20,22)(H,21,25)/t13-,14+/m1/s1. The van der Waals surface area contributed by atoms with Crippen LogP contribution in [-0.2, 0) is 30.3 Å². The van der Waals surface area contributed by atoms with Gasteiger partial charge in [0.2, 0.25) is 17.7 Å². The van der Waals surface area contributed by atoms with Crippen LogP contribution in [0.3, 0.4) is 0 Å². The summed E-state index contributed by atoms with van der Waals surface area (Å²) in [5.74, 6) is -3.45. The summed E-state index contributed by atoms with van der Waals surface area (Å²) in [4.78, 5) is 46.8. The molecular formula is C17H22FN3O5. The number of nitrogens with two attached hydrogens (primary N) is 1. The van der Waals surface area contributed by atoms with Gasteiger partial charge in [-0.15, -0.1) is 0 Å². The van der Waals surface area contributed by atoms with Crippen molar-refractivity contribution < 1.29 is 28.3 Å². The Labute approximate surface area is 150 Å². The number of carbonyl (C=O) groups is 4. The van der Waals surface area contributed by atoms with Crippen LogP contribution in [0.15, 0.2) is 24.3 Å². The number of halogens is 1. The normalized spacial score (nSPS) is 12.6. The lowest BCUT2D eigenvalue weighted by Gasteiger charge is -2.21. The minimum absolute atomic E-state index is 0.111. The second kappa shape index (κ2) is 10.1. The Bertz CT molecular complexity index is 680. The zero-order valence-electron chi connectivity index (χ0n) is 14.6. The summed E-state index contributed by atoms with van der Waals surface area (Å²) in [5.41, 5.74) is 5.41. The van der Waals surface area contributed by atoms with E-state index in [4.69, 9.17) is 10.5 Å². The Balaban J connectivity index is 2.89. The average molecular weight is 367 g/mol. The predicted molar refractivity (Wildman–Crippen MR) is 90.1 cm³/mol. The molecule has 2 atom stereocenters. The third-order valence-electron chi connectivity index (χ3n) is 3.41. The van der Waals surface area contributed by atoms with E-state index in [9.17, 15) is 23.6 Å². The number of hydrogen-bond acceptors (Lipinski definition) is 5. The van der Waals surface area contributed by atoms with Gasteiger partial charge in [-0.05, 0) is 18.6 Å². The largest absolute Gasteiger partial charge is 0.466 e. The number of nitrogens with one attached hydrogen (secondary N) is 2. The van der Waals surface area contributed by atoms with Crippen molar-refractivity contribution in [2.24, 2.45) is 5.73 Å². The van der Waals surface area contributed by atoms with E-state index < -0.39 is 48.0 Å². The van der Waals surface area contributed by atoms with Gasteiger partial charge in [-0.3, -0.25) is 19.2 Å². The molecule has 0 unspecified atom stereocenters. The molecule has 1 aromatic rings. The topological polar surface area (TPSA) is 128 Å². The van der Waals surface area contributed by atoms with Crippen molar-refractivity contribution in [2.45, 2.75) is 38.8 Å². The van der Waals surface area contributed by atoms with Gasteiger partial charge in [-0.1, -0.05) is 18.2 Å². The van der Waals surface area contributed by atoms with Crippen molar-refractivity contribution in [2.75, 3.05) is 6.61 Å². The number of amides is 3. The number of esters is 1. The van der Waals surface area contributed by atoms with Crippen LogP contribution in [0, 0.1) is 5.82 Å². The highest BCUT2D eigenvalue weighted by atomic mass is 19.1. The van der Waals surface area contributed by atoms with Gasteiger partial charge < -0.3 is 21.1 Å².